The predicted molar refractivity (Wildman–Crippen MR) is 120 cm³/mol. The van der Waals surface area contributed by atoms with Gasteiger partial charge in [-0.15, -0.1) is 0 Å². The normalized spacial score (nSPS) is 14.4. The summed E-state index contributed by atoms with van der Waals surface area (Å²) >= 11 is 0. The van der Waals surface area contributed by atoms with Crippen molar-refractivity contribution in [2.75, 3.05) is 13.2 Å². The summed E-state index contributed by atoms with van der Waals surface area (Å²) in [6, 6.07) is 12.3. The summed E-state index contributed by atoms with van der Waals surface area (Å²) in [5, 5.41) is 2.63. The fraction of sp³-hybridized carbons (Fsp3) is 0.375. The topological polar surface area (TPSA) is 84.5 Å². The van der Waals surface area contributed by atoms with E-state index in [0.717, 1.165) is 37.7 Å². The zero-order valence-corrected chi connectivity index (χ0v) is 18.6. The van der Waals surface area contributed by atoms with Crippen LogP contribution >= 0.6 is 0 Å². The molecule has 2 aromatic rings. The molecule has 0 aliphatic heterocycles. The van der Waals surface area contributed by atoms with Crippen LogP contribution in [0.2, 0.25) is 0 Å². The molecular weight excluding hydrogens is 431 g/mol. The van der Waals surface area contributed by atoms with Crippen LogP contribution in [0.3, 0.4) is 0 Å². The molecule has 6 nitrogen and oxygen atoms in total. The quantitative estimate of drug-likeness (QED) is 0.596. The lowest BCUT2D eigenvalue weighted by Gasteiger charge is -2.22. The molecule has 1 aliphatic carbocycles. The van der Waals surface area contributed by atoms with E-state index < -0.39 is 10.0 Å². The largest absolute Gasteiger partial charge is 0.367 e. The highest BCUT2D eigenvalue weighted by atomic mass is 32.2. The van der Waals surface area contributed by atoms with E-state index in [0.29, 0.717) is 5.56 Å². The Hall–Kier alpha value is -2.73. The van der Waals surface area contributed by atoms with Gasteiger partial charge < -0.3 is 10.1 Å². The Morgan fingerprint density at radius 3 is 2.41 bits per heavy atom. The van der Waals surface area contributed by atoms with Crippen LogP contribution in [0, 0.1) is 17.7 Å². The van der Waals surface area contributed by atoms with Crippen LogP contribution in [-0.2, 0) is 26.2 Å². The van der Waals surface area contributed by atoms with Gasteiger partial charge in [0, 0.05) is 11.6 Å². The molecule has 0 saturated heterocycles. The highest BCUT2D eigenvalue weighted by Gasteiger charge is 2.21. The number of nitrogens with one attached hydrogen (secondary N) is 2. The van der Waals surface area contributed by atoms with Crippen LogP contribution in [0.25, 0.3) is 0 Å². The number of carbonyl (C=O) groups excluding carboxylic acids is 1. The highest BCUT2D eigenvalue weighted by molar-refractivity contribution is 7.89. The number of rotatable bonds is 8. The number of carbonyl (C=O) groups is 1. The van der Waals surface area contributed by atoms with Crippen molar-refractivity contribution < 1.29 is 22.3 Å². The molecule has 1 amide bonds. The number of hydrogen-bond donors (Lipinski definition) is 2. The van der Waals surface area contributed by atoms with Crippen molar-refractivity contribution in [1.82, 2.24) is 10.0 Å². The zero-order valence-electron chi connectivity index (χ0n) is 17.8. The molecule has 0 aromatic heterocycles. The Bertz CT molecular complexity index is 1050. The number of hydrogen-bond acceptors (Lipinski definition) is 4. The van der Waals surface area contributed by atoms with Gasteiger partial charge in [0.1, 0.15) is 12.4 Å². The lowest BCUT2D eigenvalue weighted by Crippen LogP contribution is -2.36. The minimum Gasteiger partial charge on any atom is -0.367 e. The van der Waals surface area contributed by atoms with Gasteiger partial charge in [-0.25, -0.2) is 17.5 Å². The molecule has 1 fully saturated rings. The van der Waals surface area contributed by atoms with Gasteiger partial charge >= 0.3 is 0 Å². The van der Waals surface area contributed by atoms with Crippen LogP contribution in [0.15, 0.2) is 53.4 Å². The molecule has 0 spiro atoms. The molecule has 0 unspecified atom stereocenters. The first-order valence-corrected chi connectivity index (χ1v) is 12.1. The van der Waals surface area contributed by atoms with Gasteiger partial charge in [-0.05, 0) is 54.8 Å². The first-order chi connectivity index (χ1) is 15.4. The molecule has 3 rings (SSSR count). The van der Waals surface area contributed by atoms with Crippen molar-refractivity contribution in [3.8, 4) is 11.8 Å². The Kier molecular flexibility index (Phi) is 8.80. The van der Waals surface area contributed by atoms with Crippen molar-refractivity contribution in [1.29, 1.82) is 0 Å². The molecule has 1 saturated carbocycles. The maximum absolute atomic E-state index is 12.8. The molecule has 0 atom stereocenters. The molecule has 2 N–H and O–H groups in total. The number of halogens is 1. The molecule has 32 heavy (non-hydrogen) atoms. The summed E-state index contributed by atoms with van der Waals surface area (Å²) < 4.78 is 46.0. The Morgan fingerprint density at radius 2 is 1.72 bits per heavy atom. The smallest absolute Gasteiger partial charge is 0.246 e. The minimum atomic E-state index is -3.53. The van der Waals surface area contributed by atoms with E-state index in [-0.39, 0.29) is 42.4 Å². The average molecular weight is 459 g/mol. The first-order valence-electron chi connectivity index (χ1n) is 10.6. The van der Waals surface area contributed by atoms with E-state index in [1.54, 1.807) is 24.3 Å². The maximum Gasteiger partial charge on any atom is 0.246 e. The standard InChI is InChI=1S/C24H27FN2O4S/c25-21-12-8-20(9-13-21)17-31-18-24(28)26-16-4-5-19-10-14-23(15-11-19)32(29,30)27-22-6-2-1-3-7-22/h8-15,22,27H,1-3,6-7,16-18H2,(H,26,28). The Labute approximate surface area is 188 Å². The third kappa shape index (κ3) is 7.75. The van der Waals surface area contributed by atoms with E-state index in [1.807, 2.05) is 0 Å². The van der Waals surface area contributed by atoms with Crippen molar-refractivity contribution in [2.24, 2.45) is 0 Å². The maximum atomic E-state index is 12.8. The van der Waals surface area contributed by atoms with Crippen molar-refractivity contribution >= 4 is 15.9 Å². The summed E-state index contributed by atoms with van der Waals surface area (Å²) in [4.78, 5) is 12.0. The molecule has 0 radical (unpaired) electrons. The van der Waals surface area contributed by atoms with Crippen LogP contribution in [0.4, 0.5) is 4.39 Å². The Balaban J connectivity index is 1.40. The summed E-state index contributed by atoms with van der Waals surface area (Å²) in [7, 11) is -3.53. The van der Waals surface area contributed by atoms with E-state index in [4.69, 9.17) is 4.74 Å². The van der Waals surface area contributed by atoms with Crippen molar-refractivity contribution in [3.63, 3.8) is 0 Å². The summed E-state index contributed by atoms with van der Waals surface area (Å²) in [5.41, 5.74) is 1.43. The summed E-state index contributed by atoms with van der Waals surface area (Å²) in [6.07, 6.45) is 5.03. The van der Waals surface area contributed by atoms with Crippen LogP contribution in [0.5, 0.6) is 0 Å². The second kappa shape index (κ2) is 11.8. The third-order valence-corrected chi connectivity index (χ3v) is 6.65. The number of ether oxygens (including phenoxy) is 1. The molecule has 8 heteroatoms. The lowest BCUT2D eigenvalue weighted by atomic mass is 9.96. The Morgan fingerprint density at radius 1 is 1.03 bits per heavy atom. The molecule has 0 heterocycles. The van der Waals surface area contributed by atoms with Crippen molar-refractivity contribution in [2.45, 2.75) is 49.6 Å². The van der Waals surface area contributed by atoms with Gasteiger partial charge in [0.2, 0.25) is 15.9 Å². The SMILES string of the molecule is O=C(COCc1ccc(F)cc1)NCC#Cc1ccc(S(=O)(=O)NC2CCCCC2)cc1. The molecule has 1 aliphatic rings. The van der Waals surface area contributed by atoms with Crippen LogP contribution < -0.4 is 10.0 Å². The number of benzene rings is 2. The summed E-state index contributed by atoms with van der Waals surface area (Å²) in [6.45, 7) is 0.228. The van der Waals surface area contributed by atoms with Crippen molar-refractivity contribution in [3.05, 3.63) is 65.5 Å². The number of sulfonamides is 1. The van der Waals surface area contributed by atoms with E-state index in [1.165, 1.54) is 24.3 Å². The third-order valence-electron chi connectivity index (χ3n) is 5.11. The van der Waals surface area contributed by atoms with Gasteiger partial charge in [-0.2, -0.15) is 0 Å². The fourth-order valence-electron chi connectivity index (χ4n) is 3.41. The molecule has 170 valence electrons. The minimum absolute atomic E-state index is 0.0106. The van der Waals surface area contributed by atoms with Crippen LogP contribution in [0.1, 0.15) is 43.2 Å². The zero-order chi connectivity index (χ0) is 22.8. The van der Waals surface area contributed by atoms with E-state index in [2.05, 4.69) is 21.9 Å². The van der Waals surface area contributed by atoms with Gasteiger partial charge in [-0.3, -0.25) is 4.79 Å². The highest BCUT2D eigenvalue weighted by Crippen LogP contribution is 2.20. The van der Waals surface area contributed by atoms with E-state index in [9.17, 15) is 17.6 Å². The monoisotopic (exact) mass is 458 g/mol. The predicted octanol–water partition coefficient (Wildman–Crippen LogP) is 3.12. The first kappa shape index (κ1) is 23.9. The second-order valence-electron chi connectivity index (χ2n) is 7.68. The summed E-state index contributed by atoms with van der Waals surface area (Å²) in [5.74, 6) is 5.09. The molecule has 2 aromatic carbocycles. The average Bonchev–Trinajstić information content (AvgIpc) is 2.79. The number of amides is 1. The van der Waals surface area contributed by atoms with Gasteiger partial charge in [-0.1, -0.05) is 43.2 Å². The van der Waals surface area contributed by atoms with Gasteiger partial charge in [0.15, 0.2) is 0 Å². The molecule has 0 bridgehead atoms. The fourth-order valence-corrected chi connectivity index (χ4v) is 4.71. The second-order valence-corrected chi connectivity index (χ2v) is 9.39. The lowest BCUT2D eigenvalue weighted by molar-refractivity contribution is -0.125. The van der Waals surface area contributed by atoms with Gasteiger partial charge in [0.05, 0.1) is 18.0 Å². The molecular formula is C24H27FN2O4S. The van der Waals surface area contributed by atoms with Crippen LogP contribution in [-0.4, -0.2) is 33.5 Å². The van der Waals surface area contributed by atoms with Gasteiger partial charge in [0.25, 0.3) is 0 Å². The van der Waals surface area contributed by atoms with E-state index >= 15 is 0 Å².